The van der Waals surface area contributed by atoms with Gasteiger partial charge in [0.05, 0.1) is 18.7 Å². The highest BCUT2D eigenvalue weighted by atomic mass is 16.5. The Bertz CT molecular complexity index is 1040. The number of carbonyl (C=O) groups is 2. The molecule has 0 unspecified atom stereocenters. The lowest BCUT2D eigenvalue weighted by Crippen LogP contribution is -2.32. The van der Waals surface area contributed by atoms with Gasteiger partial charge in [-0.15, -0.1) is 0 Å². The molecule has 1 fully saturated rings. The second kappa shape index (κ2) is 10.8. The van der Waals surface area contributed by atoms with E-state index in [1.165, 1.54) is 4.90 Å². The van der Waals surface area contributed by atoms with Gasteiger partial charge in [-0.1, -0.05) is 24.8 Å². The number of rotatable bonds is 10. The standard InChI is InChI=1S/C26H30N2O5/c1-5-16-33-21-9-6-8-19(17-21)23-22(24(29)18-10-12-20(32-4)13-11-18)25(30)26(31)28(23)15-7-14-27(2)3/h5-6,8-13,17,23,29H,1,7,14-16H2,2-4H3/b24-22+/t23-/m0/s1. The molecule has 7 heteroatoms. The maximum absolute atomic E-state index is 13.1. The maximum atomic E-state index is 13.1. The van der Waals surface area contributed by atoms with Crippen LogP contribution in [0.3, 0.4) is 0 Å². The highest BCUT2D eigenvalue weighted by molar-refractivity contribution is 6.46. The van der Waals surface area contributed by atoms with Crippen LogP contribution >= 0.6 is 0 Å². The summed E-state index contributed by atoms with van der Waals surface area (Å²) in [5.74, 6) is -0.314. The minimum atomic E-state index is -0.721. The molecular weight excluding hydrogens is 420 g/mol. The van der Waals surface area contributed by atoms with E-state index in [0.717, 1.165) is 6.54 Å². The van der Waals surface area contributed by atoms with Crippen LogP contribution in [0.15, 0.2) is 66.8 Å². The van der Waals surface area contributed by atoms with E-state index in [1.807, 2.05) is 25.1 Å². The topological polar surface area (TPSA) is 79.3 Å². The highest BCUT2D eigenvalue weighted by Gasteiger charge is 2.45. The minimum Gasteiger partial charge on any atom is -0.507 e. The smallest absolute Gasteiger partial charge is 0.295 e. The summed E-state index contributed by atoms with van der Waals surface area (Å²) in [5.41, 5.74) is 1.19. The molecule has 33 heavy (non-hydrogen) atoms. The largest absolute Gasteiger partial charge is 0.507 e. The van der Waals surface area contributed by atoms with Gasteiger partial charge in [-0.3, -0.25) is 9.59 Å². The van der Waals surface area contributed by atoms with E-state index in [2.05, 4.69) is 6.58 Å². The number of amides is 1. The molecule has 0 aromatic heterocycles. The summed E-state index contributed by atoms with van der Waals surface area (Å²) in [7, 11) is 5.46. The van der Waals surface area contributed by atoms with Crippen molar-refractivity contribution in [1.82, 2.24) is 9.80 Å². The van der Waals surface area contributed by atoms with Crippen molar-refractivity contribution in [2.75, 3.05) is 40.9 Å². The zero-order valence-corrected chi connectivity index (χ0v) is 19.3. The van der Waals surface area contributed by atoms with Crippen LogP contribution in [-0.4, -0.2) is 67.5 Å². The zero-order chi connectivity index (χ0) is 24.0. The van der Waals surface area contributed by atoms with Crippen molar-refractivity contribution >= 4 is 17.4 Å². The molecular formula is C26H30N2O5. The van der Waals surface area contributed by atoms with Gasteiger partial charge in [0.25, 0.3) is 11.7 Å². The second-order valence-corrected chi connectivity index (χ2v) is 8.05. The number of ketones is 1. The molecule has 0 aliphatic carbocycles. The normalized spacial score (nSPS) is 17.5. The van der Waals surface area contributed by atoms with Gasteiger partial charge in [0.15, 0.2) is 0 Å². The van der Waals surface area contributed by atoms with Gasteiger partial charge >= 0.3 is 0 Å². The number of aliphatic hydroxyl groups is 1. The number of nitrogens with zero attached hydrogens (tertiary/aromatic N) is 2. The molecule has 1 saturated heterocycles. The summed E-state index contributed by atoms with van der Waals surface area (Å²) in [4.78, 5) is 29.7. The van der Waals surface area contributed by atoms with Crippen molar-refractivity contribution in [3.8, 4) is 11.5 Å². The average molecular weight is 451 g/mol. The number of hydrogen-bond donors (Lipinski definition) is 1. The van der Waals surface area contributed by atoms with Crippen molar-refractivity contribution in [2.24, 2.45) is 0 Å². The summed E-state index contributed by atoms with van der Waals surface area (Å²) >= 11 is 0. The Morgan fingerprint density at radius 1 is 1.15 bits per heavy atom. The summed E-state index contributed by atoms with van der Waals surface area (Å²) in [6.07, 6.45) is 2.33. The summed E-state index contributed by atoms with van der Waals surface area (Å²) in [6, 6.07) is 13.2. The molecule has 0 saturated carbocycles. The SMILES string of the molecule is C=CCOc1cccc([C@H]2/C(=C(\O)c3ccc(OC)cc3)C(=O)C(=O)N2CCCN(C)C)c1. The third-order valence-corrected chi connectivity index (χ3v) is 5.45. The number of methoxy groups -OCH3 is 1. The molecule has 2 aromatic carbocycles. The van der Waals surface area contributed by atoms with Crippen molar-refractivity contribution < 1.29 is 24.2 Å². The average Bonchev–Trinajstić information content (AvgIpc) is 3.07. The number of hydrogen-bond acceptors (Lipinski definition) is 6. The van der Waals surface area contributed by atoms with Crippen LogP contribution < -0.4 is 9.47 Å². The Kier molecular flexibility index (Phi) is 7.90. The van der Waals surface area contributed by atoms with Gasteiger partial charge in [0.2, 0.25) is 0 Å². The van der Waals surface area contributed by atoms with Crippen LogP contribution in [0.2, 0.25) is 0 Å². The number of aliphatic hydroxyl groups excluding tert-OH is 1. The zero-order valence-electron chi connectivity index (χ0n) is 19.3. The molecule has 1 aliphatic heterocycles. The molecule has 0 bridgehead atoms. The quantitative estimate of drug-likeness (QED) is 0.258. The highest BCUT2D eigenvalue weighted by Crippen LogP contribution is 2.40. The van der Waals surface area contributed by atoms with E-state index in [-0.39, 0.29) is 11.3 Å². The van der Waals surface area contributed by atoms with E-state index in [0.29, 0.717) is 42.2 Å². The van der Waals surface area contributed by atoms with Gasteiger partial charge < -0.3 is 24.4 Å². The Balaban J connectivity index is 2.08. The fourth-order valence-electron chi connectivity index (χ4n) is 3.85. The first-order chi connectivity index (χ1) is 15.9. The van der Waals surface area contributed by atoms with Crippen LogP contribution in [0.25, 0.3) is 5.76 Å². The molecule has 0 radical (unpaired) electrons. The fourth-order valence-corrected chi connectivity index (χ4v) is 3.85. The number of Topliss-reactive ketones (excluding diaryl/α,β-unsaturated/α-hetero) is 1. The minimum absolute atomic E-state index is 0.0656. The van der Waals surface area contributed by atoms with Crippen LogP contribution in [0.1, 0.15) is 23.6 Å². The molecule has 1 aliphatic rings. The Morgan fingerprint density at radius 2 is 1.88 bits per heavy atom. The molecule has 0 spiro atoms. The van der Waals surface area contributed by atoms with Gasteiger partial charge in [-0.2, -0.15) is 0 Å². The summed E-state index contributed by atoms with van der Waals surface area (Å²) in [6.45, 7) is 5.13. The predicted molar refractivity (Wildman–Crippen MR) is 127 cm³/mol. The number of ether oxygens (including phenoxy) is 2. The summed E-state index contributed by atoms with van der Waals surface area (Å²) in [5, 5.41) is 11.1. The molecule has 3 rings (SSSR count). The lowest BCUT2D eigenvalue weighted by atomic mass is 9.95. The summed E-state index contributed by atoms with van der Waals surface area (Å²) < 4.78 is 10.8. The molecule has 1 amide bonds. The lowest BCUT2D eigenvalue weighted by molar-refractivity contribution is -0.139. The lowest BCUT2D eigenvalue weighted by Gasteiger charge is -2.26. The Hall–Kier alpha value is -3.58. The van der Waals surface area contributed by atoms with E-state index in [1.54, 1.807) is 55.7 Å². The number of carbonyl (C=O) groups excluding carboxylic acids is 2. The fraction of sp³-hybridized carbons (Fsp3) is 0.308. The predicted octanol–water partition coefficient (Wildman–Crippen LogP) is 3.63. The number of benzene rings is 2. The molecule has 2 aromatic rings. The second-order valence-electron chi connectivity index (χ2n) is 8.05. The van der Waals surface area contributed by atoms with Gasteiger partial charge in [0, 0.05) is 12.1 Å². The van der Waals surface area contributed by atoms with Gasteiger partial charge in [-0.25, -0.2) is 0 Å². The Labute approximate surface area is 194 Å². The first-order valence-corrected chi connectivity index (χ1v) is 10.8. The third kappa shape index (κ3) is 5.43. The van der Waals surface area contributed by atoms with Crippen molar-refractivity contribution in [1.29, 1.82) is 0 Å². The van der Waals surface area contributed by atoms with E-state index in [4.69, 9.17) is 9.47 Å². The third-order valence-electron chi connectivity index (χ3n) is 5.45. The van der Waals surface area contributed by atoms with Gasteiger partial charge in [0.1, 0.15) is 23.9 Å². The van der Waals surface area contributed by atoms with Crippen LogP contribution in [0.4, 0.5) is 0 Å². The van der Waals surface area contributed by atoms with Crippen molar-refractivity contribution in [3.05, 3.63) is 77.9 Å². The maximum Gasteiger partial charge on any atom is 0.295 e. The first kappa shape index (κ1) is 24.1. The van der Waals surface area contributed by atoms with Crippen molar-refractivity contribution in [2.45, 2.75) is 12.5 Å². The van der Waals surface area contributed by atoms with Crippen LogP contribution in [0, 0.1) is 0 Å². The van der Waals surface area contributed by atoms with Crippen molar-refractivity contribution in [3.63, 3.8) is 0 Å². The molecule has 1 N–H and O–H groups in total. The van der Waals surface area contributed by atoms with Crippen LogP contribution in [0.5, 0.6) is 11.5 Å². The first-order valence-electron chi connectivity index (χ1n) is 10.8. The monoisotopic (exact) mass is 450 g/mol. The Morgan fingerprint density at radius 3 is 2.52 bits per heavy atom. The molecule has 1 heterocycles. The molecule has 7 nitrogen and oxygen atoms in total. The molecule has 174 valence electrons. The van der Waals surface area contributed by atoms with Gasteiger partial charge in [-0.05, 0) is 69.0 Å². The van der Waals surface area contributed by atoms with E-state index >= 15 is 0 Å². The van der Waals surface area contributed by atoms with E-state index < -0.39 is 17.7 Å². The number of likely N-dealkylation sites (tertiary alicyclic amines) is 1. The van der Waals surface area contributed by atoms with E-state index in [9.17, 15) is 14.7 Å². The molecule has 1 atom stereocenters. The van der Waals surface area contributed by atoms with Crippen LogP contribution in [-0.2, 0) is 9.59 Å².